The van der Waals surface area contributed by atoms with E-state index in [9.17, 15) is 4.79 Å². The van der Waals surface area contributed by atoms with Gasteiger partial charge in [0.05, 0.1) is 11.7 Å². The Hall–Kier alpha value is -3.77. The van der Waals surface area contributed by atoms with E-state index in [4.69, 9.17) is 21.1 Å². The lowest BCUT2D eigenvalue weighted by atomic mass is 9.96. The summed E-state index contributed by atoms with van der Waals surface area (Å²) in [7, 11) is 0. The predicted octanol–water partition coefficient (Wildman–Crippen LogP) is 5.20. The van der Waals surface area contributed by atoms with E-state index in [2.05, 4.69) is 10.2 Å². The average Bonchev–Trinajstić information content (AvgIpc) is 3.52. The summed E-state index contributed by atoms with van der Waals surface area (Å²) in [4.78, 5) is 15.4. The van der Waals surface area contributed by atoms with Crippen molar-refractivity contribution in [1.82, 2.24) is 15.1 Å². The van der Waals surface area contributed by atoms with Crippen LogP contribution in [0.3, 0.4) is 0 Å². The third-order valence-corrected chi connectivity index (χ3v) is 6.14. The summed E-state index contributed by atoms with van der Waals surface area (Å²) in [5.41, 5.74) is 5.07. The zero-order chi connectivity index (χ0) is 21.7. The van der Waals surface area contributed by atoms with E-state index >= 15 is 0 Å². The fraction of sp³-hybridized carbons (Fsp3) is 0.120. The smallest absolute Gasteiger partial charge is 0.273 e. The number of ether oxygens (including phenoxy) is 2. The molecule has 0 saturated heterocycles. The lowest BCUT2D eigenvalue weighted by Gasteiger charge is -2.26. The summed E-state index contributed by atoms with van der Waals surface area (Å²) < 4.78 is 10.9. The number of amides is 1. The van der Waals surface area contributed by atoms with Crippen LogP contribution in [0.25, 0.3) is 11.3 Å². The molecule has 4 aromatic rings. The van der Waals surface area contributed by atoms with Gasteiger partial charge in [-0.25, -0.2) is 0 Å². The quantitative estimate of drug-likeness (QED) is 0.470. The molecule has 1 N–H and O–H groups in total. The Morgan fingerprint density at radius 1 is 1.00 bits per heavy atom. The van der Waals surface area contributed by atoms with Gasteiger partial charge in [-0.2, -0.15) is 5.10 Å². The molecule has 6 nitrogen and oxygen atoms in total. The van der Waals surface area contributed by atoms with Crippen molar-refractivity contribution in [1.29, 1.82) is 0 Å². The first kappa shape index (κ1) is 19.0. The standard InChI is InChI=1S/C25H18ClN3O3/c26-18-9-7-17(8-10-18)24-21-22(16-4-2-1-3-5-16)27-28-23(21)25(30)29(24)13-15-6-11-19-20(12-15)32-14-31-19/h1-12,24H,13-14H2,(H,27,28). The number of benzene rings is 3. The van der Waals surface area contributed by atoms with E-state index < -0.39 is 0 Å². The molecular formula is C25H18ClN3O3. The number of rotatable bonds is 4. The Labute approximate surface area is 189 Å². The minimum atomic E-state index is -0.297. The van der Waals surface area contributed by atoms with Gasteiger partial charge in [-0.3, -0.25) is 9.89 Å². The van der Waals surface area contributed by atoms with Crippen LogP contribution in [0.1, 0.15) is 33.2 Å². The Morgan fingerprint density at radius 3 is 2.59 bits per heavy atom. The Balaban J connectivity index is 1.46. The highest BCUT2D eigenvalue weighted by atomic mass is 35.5. The van der Waals surface area contributed by atoms with Gasteiger partial charge in [0.2, 0.25) is 6.79 Å². The van der Waals surface area contributed by atoms with E-state index in [-0.39, 0.29) is 18.7 Å². The molecule has 2 aliphatic heterocycles. The number of nitrogens with zero attached hydrogens (tertiary/aromatic N) is 2. The molecule has 0 spiro atoms. The van der Waals surface area contributed by atoms with Gasteiger partial charge in [-0.15, -0.1) is 0 Å². The first-order valence-electron chi connectivity index (χ1n) is 10.3. The highest BCUT2D eigenvalue weighted by Crippen LogP contribution is 2.44. The van der Waals surface area contributed by atoms with Crippen LogP contribution in [0.15, 0.2) is 72.8 Å². The highest BCUT2D eigenvalue weighted by molar-refractivity contribution is 6.30. The van der Waals surface area contributed by atoms with Crippen LogP contribution in [0.5, 0.6) is 11.5 Å². The molecule has 2 aliphatic rings. The van der Waals surface area contributed by atoms with Gasteiger partial charge in [-0.05, 0) is 35.4 Å². The molecule has 158 valence electrons. The van der Waals surface area contributed by atoms with Gasteiger partial charge in [-0.1, -0.05) is 60.1 Å². The van der Waals surface area contributed by atoms with Crippen molar-refractivity contribution in [2.45, 2.75) is 12.6 Å². The van der Waals surface area contributed by atoms with Crippen molar-refractivity contribution in [3.8, 4) is 22.8 Å². The van der Waals surface area contributed by atoms with Gasteiger partial charge in [0, 0.05) is 22.7 Å². The molecule has 0 aliphatic carbocycles. The molecule has 1 aromatic heterocycles. The normalized spacial score (nSPS) is 16.5. The van der Waals surface area contributed by atoms with Gasteiger partial charge < -0.3 is 14.4 Å². The highest BCUT2D eigenvalue weighted by Gasteiger charge is 2.42. The molecule has 1 atom stereocenters. The number of fused-ring (bicyclic) bond motifs is 2. The summed E-state index contributed by atoms with van der Waals surface area (Å²) in [5, 5.41) is 8.15. The topological polar surface area (TPSA) is 67.5 Å². The molecule has 0 radical (unpaired) electrons. The SMILES string of the molecule is O=C1c2[nH]nc(-c3ccccc3)c2C(c2ccc(Cl)cc2)N1Cc1ccc2c(c1)OCO2. The van der Waals surface area contributed by atoms with Crippen LogP contribution in [0.4, 0.5) is 0 Å². The number of carbonyl (C=O) groups is 1. The van der Waals surface area contributed by atoms with E-state index in [0.29, 0.717) is 23.0 Å². The van der Waals surface area contributed by atoms with Crippen LogP contribution < -0.4 is 9.47 Å². The van der Waals surface area contributed by atoms with E-state index in [0.717, 1.165) is 33.7 Å². The molecule has 0 fully saturated rings. The van der Waals surface area contributed by atoms with Crippen LogP contribution in [0.2, 0.25) is 5.02 Å². The zero-order valence-corrected chi connectivity index (χ0v) is 17.7. The van der Waals surface area contributed by atoms with Crippen LogP contribution in [-0.4, -0.2) is 27.8 Å². The largest absolute Gasteiger partial charge is 0.454 e. The van der Waals surface area contributed by atoms with E-state index in [1.54, 1.807) is 0 Å². The predicted molar refractivity (Wildman–Crippen MR) is 120 cm³/mol. The lowest BCUT2D eigenvalue weighted by Crippen LogP contribution is -2.29. The molecule has 1 amide bonds. The second-order valence-electron chi connectivity index (χ2n) is 7.80. The first-order chi connectivity index (χ1) is 15.7. The third-order valence-electron chi connectivity index (χ3n) is 5.89. The van der Waals surface area contributed by atoms with E-state index in [1.807, 2.05) is 77.7 Å². The fourth-order valence-electron chi connectivity index (χ4n) is 4.40. The van der Waals surface area contributed by atoms with Gasteiger partial charge in [0.1, 0.15) is 5.69 Å². The van der Waals surface area contributed by atoms with Crippen molar-refractivity contribution in [3.63, 3.8) is 0 Å². The maximum absolute atomic E-state index is 13.5. The molecular weight excluding hydrogens is 426 g/mol. The maximum atomic E-state index is 13.5. The second-order valence-corrected chi connectivity index (χ2v) is 8.24. The summed E-state index contributed by atoms with van der Waals surface area (Å²) in [5.74, 6) is 1.33. The molecule has 32 heavy (non-hydrogen) atoms. The summed E-state index contributed by atoms with van der Waals surface area (Å²) >= 11 is 6.15. The minimum absolute atomic E-state index is 0.0905. The first-order valence-corrected chi connectivity index (χ1v) is 10.7. The number of halogens is 1. The third kappa shape index (κ3) is 3.03. The van der Waals surface area contributed by atoms with Gasteiger partial charge in [0.25, 0.3) is 5.91 Å². The average molecular weight is 444 g/mol. The van der Waals surface area contributed by atoms with Crippen LogP contribution >= 0.6 is 11.6 Å². The number of hydrogen-bond donors (Lipinski definition) is 1. The number of aromatic amines is 1. The van der Waals surface area contributed by atoms with E-state index in [1.165, 1.54) is 0 Å². The molecule has 6 rings (SSSR count). The molecule has 3 aromatic carbocycles. The number of nitrogens with one attached hydrogen (secondary N) is 1. The van der Waals surface area contributed by atoms with Crippen LogP contribution in [0, 0.1) is 0 Å². The molecule has 3 heterocycles. The summed E-state index contributed by atoms with van der Waals surface area (Å²) in [6.07, 6.45) is 0. The number of H-pyrrole nitrogens is 1. The van der Waals surface area contributed by atoms with Crippen molar-refractivity contribution >= 4 is 17.5 Å². The Morgan fingerprint density at radius 2 is 1.78 bits per heavy atom. The van der Waals surface area contributed by atoms with Crippen molar-refractivity contribution in [2.75, 3.05) is 6.79 Å². The summed E-state index contributed by atoms with van der Waals surface area (Å²) in [6.45, 7) is 0.630. The van der Waals surface area contributed by atoms with Gasteiger partial charge >= 0.3 is 0 Å². The number of aromatic nitrogens is 2. The molecule has 1 unspecified atom stereocenters. The molecule has 7 heteroatoms. The molecule has 0 saturated carbocycles. The van der Waals surface area contributed by atoms with Crippen molar-refractivity contribution in [2.24, 2.45) is 0 Å². The maximum Gasteiger partial charge on any atom is 0.273 e. The van der Waals surface area contributed by atoms with Crippen molar-refractivity contribution < 1.29 is 14.3 Å². The monoisotopic (exact) mass is 443 g/mol. The van der Waals surface area contributed by atoms with Crippen LogP contribution in [-0.2, 0) is 6.54 Å². The van der Waals surface area contributed by atoms with Crippen molar-refractivity contribution in [3.05, 3.63) is 100 Å². The second kappa shape index (κ2) is 7.43. The Kier molecular flexibility index (Phi) is 4.40. The van der Waals surface area contributed by atoms with Gasteiger partial charge in [0.15, 0.2) is 11.5 Å². The fourth-order valence-corrected chi connectivity index (χ4v) is 4.53. The summed E-state index contributed by atoms with van der Waals surface area (Å²) in [6, 6.07) is 23.0. The Bertz CT molecular complexity index is 1320. The number of carbonyl (C=O) groups excluding carboxylic acids is 1. The minimum Gasteiger partial charge on any atom is -0.454 e. The lowest BCUT2D eigenvalue weighted by molar-refractivity contribution is 0.0730. The number of hydrogen-bond acceptors (Lipinski definition) is 4. The molecule has 0 bridgehead atoms. The zero-order valence-electron chi connectivity index (χ0n) is 16.9.